The molecule has 1 heterocycles. The van der Waals surface area contributed by atoms with Gasteiger partial charge >= 0.3 is 0 Å². The van der Waals surface area contributed by atoms with Gasteiger partial charge in [-0.25, -0.2) is 0 Å². The van der Waals surface area contributed by atoms with Gasteiger partial charge in [0.25, 0.3) is 5.91 Å². The lowest BCUT2D eigenvalue weighted by Crippen LogP contribution is -2.36. The Morgan fingerprint density at radius 3 is 2.45 bits per heavy atom. The summed E-state index contributed by atoms with van der Waals surface area (Å²) in [5.74, 6) is 1.87. The SMILES string of the molecule is COc1cc(C)c(CNCC(NC(=O)c2cc(C)on2)c2ccccc2OC)cc1C. The fourth-order valence-electron chi connectivity index (χ4n) is 3.51. The number of benzene rings is 2. The molecule has 164 valence electrons. The lowest BCUT2D eigenvalue weighted by molar-refractivity contribution is 0.0926. The van der Waals surface area contributed by atoms with E-state index in [1.165, 1.54) is 5.56 Å². The topological polar surface area (TPSA) is 85.6 Å². The third-order valence-electron chi connectivity index (χ3n) is 5.20. The number of hydrogen-bond acceptors (Lipinski definition) is 6. The van der Waals surface area contributed by atoms with Crippen LogP contribution in [0.2, 0.25) is 0 Å². The van der Waals surface area contributed by atoms with Crippen LogP contribution in [0.4, 0.5) is 0 Å². The highest BCUT2D eigenvalue weighted by Crippen LogP contribution is 2.26. The van der Waals surface area contributed by atoms with E-state index in [2.05, 4.69) is 28.8 Å². The molecule has 1 unspecified atom stereocenters. The number of methoxy groups -OCH3 is 2. The first-order chi connectivity index (χ1) is 14.9. The lowest BCUT2D eigenvalue weighted by Gasteiger charge is -2.22. The highest BCUT2D eigenvalue weighted by Gasteiger charge is 2.21. The molecular formula is C24H29N3O4. The van der Waals surface area contributed by atoms with Crippen LogP contribution in [0, 0.1) is 20.8 Å². The molecule has 0 radical (unpaired) electrons. The average Bonchev–Trinajstić information content (AvgIpc) is 3.21. The Morgan fingerprint density at radius 1 is 1.03 bits per heavy atom. The number of ether oxygens (including phenoxy) is 2. The van der Waals surface area contributed by atoms with Crippen molar-refractivity contribution in [1.29, 1.82) is 0 Å². The molecule has 0 bridgehead atoms. The normalized spacial score (nSPS) is 11.8. The van der Waals surface area contributed by atoms with E-state index in [0.29, 0.717) is 24.6 Å². The summed E-state index contributed by atoms with van der Waals surface area (Å²) in [5.41, 5.74) is 4.54. The van der Waals surface area contributed by atoms with Crippen molar-refractivity contribution in [2.75, 3.05) is 20.8 Å². The van der Waals surface area contributed by atoms with Crippen LogP contribution in [-0.4, -0.2) is 31.8 Å². The number of nitrogens with one attached hydrogen (secondary N) is 2. The van der Waals surface area contributed by atoms with E-state index in [-0.39, 0.29) is 17.6 Å². The minimum atomic E-state index is -0.319. The van der Waals surface area contributed by atoms with Crippen molar-refractivity contribution < 1.29 is 18.8 Å². The van der Waals surface area contributed by atoms with E-state index in [4.69, 9.17) is 14.0 Å². The van der Waals surface area contributed by atoms with Crippen molar-refractivity contribution in [1.82, 2.24) is 15.8 Å². The van der Waals surface area contributed by atoms with Crippen LogP contribution in [0.3, 0.4) is 0 Å². The van der Waals surface area contributed by atoms with Gasteiger partial charge in [-0.2, -0.15) is 0 Å². The number of rotatable bonds is 9. The fourth-order valence-corrected chi connectivity index (χ4v) is 3.51. The Kier molecular flexibility index (Phi) is 7.31. The molecule has 2 N–H and O–H groups in total. The van der Waals surface area contributed by atoms with Gasteiger partial charge in [-0.1, -0.05) is 29.4 Å². The zero-order chi connectivity index (χ0) is 22.4. The second-order valence-corrected chi connectivity index (χ2v) is 7.47. The van der Waals surface area contributed by atoms with Crippen LogP contribution in [0.25, 0.3) is 0 Å². The summed E-state index contributed by atoms with van der Waals surface area (Å²) in [4.78, 5) is 12.7. The number of carbonyl (C=O) groups is 1. The second kappa shape index (κ2) is 10.1. The smallest absolute Gasteiger partial charge is 0.274 e. The first-order valence-corrected chi connectivity index (χ1v) is 10.1. The number of aryl methyl sites for hydroxylation is 3. The van der Waals surface area contributed by atoms with Gasteiger partial charge in [0.1, 0.15) is 17.3 Å². The molecule has 7 nitrogen and oxygen atoms in total. The third kappa shape index (κ3) is 5.44. The monoisotopic (exact) mass is 423 g/mol. The quantitative estimate of drug-likeness (QED) is 0.543. The van der Waals surface area contributed by atoms with Crippen LogP contribution < -0.4 is 20.1 Å². The summed E-state index contributed by atoms with van der Waals surface area (Å²) in [7, 11) is 3.30. The highest BCUT2D eigenvalue weighted by atomic mass is 16.5. The number of hydrogen-bond donors (Lipinski definition) is 2. The minimum absolute atomic E-state index is 0.249. The van der Waals surface area contributed by atoms with E-state index < -0.39 is 0 Å². The predicted octanol–water partition coefficient (Wildman–Crippen LogP) is 3.88. The molecule has 0 aliphatic rings. The maximum absolute atomic E-state index is 12.7. The summed E-state index contributed by atoms with van der Waals surface area (Å²) in [6.07, 6.45) is 0. The first-order valence-electron chi connectivity index (χ1n) is 10.1. The van der Waals surface area contributed by atoms with Crippen molar-refractivity contribution in [3.63, 3.8) is 0 Å². The van der Waals surface area contributed by atoms with Crippen LogP contribution >= 0.6 is 0 Å². The predicted molar refractivity (Wildman–Crippen MR) is 119 cm³/mol. The summed E-state index contributed by atoms with van der Waals surface area (Å²) in [6, 6.07) is 13.1. The Labute approximate surface area is 182 Å². The number of nitrogens with zero attached hydrogens (tertiary/aromatic N) is 1. The molecule has 3 rings (SSSR count). The van der Waals surface area contributed by atoms with Crippen LogP contribution in [0.15, 0.2) is 47.0 Å². The van der Waals surface area contributed by atoms with Crippen molar-refractivity contribution in [2.24, 2.45) is 0 Å². The Hall–Kier alpha value is -3.32. The maximum atomic E-state index is 12.7. The zero-order valence-electron chi connectivity index (χ0n) is 18.6. The summed E-state index contributed by atoms with van der Waals surface area (Å²) < 4.78 is 16.0. The van der Waals surface area contributed by atoms with Gasteiger partial charge in [0.15, 0.2) is 5.69 Å². The molecule has 0 saturated carbocycles. The molecule has 0 fully saturated rings. The fraction of sp³-hybridized carbons (Fsp3) is 0.333. The van der Waals surface area contributed by atoms with Gasteiger partial charge < -0.3 is 24.6 Å². The van der Waals surface area contributed by atoms with Gasteiger partial charge in [0.2, 0.25) is 0 Å². The summed E-state index contributed by atoms with van der Waals surface area (Å²) in [6.45, 7) is 7.00. The number of amides is 1. The molecule has 3 aromatic rings. The van der Waals surface area contributed by atoms with E-state index in [1.807, 2.05) is 37.3 Å². The summed E-state index contributed by atoms with van der Waals surface area (Å²) in [5, 5.41) is 10.3. The van der Waals surface area contributed by atoms with E-state index in [9.17, 15) is 4.79 Å². The minimum Gasteiger partial charge on any atom is -0.496 e. The van der Waals surface area contributed by atoms with Gasteiger partial charge in [-0.3, -0.25) is 4.79 Å². The molecule has 1 amide bonds. The largest absolute Gasteiger partial charge is 0.496 e. The standard InChI is InChI=1S/C24H29N3O4/c1-15-11-23(30-5)16(2)10-18(15)13-25-14-21(19-8-6-7-9-22(19)29-4)26-24(28)20-12-17(3)31-27-20/h6-12,21,25H,13-14H2,1-5H3,(H,26,28). The zero-order valence-corrected chi connectivity index (χ0v) is 18.6. The molecular weight excluding hydrogens is 394 g/mol. The lowest BCUT2D eigenvalue weighted by atomic mass is 10.0. The summed E-state index contributed by atoms with van der Waals surface area (Å²) >= 11 is 0. The van der Waals surface area contributed by atoms with Gasteiger partial charge in [-0.15, -0.1) is 0 Å². The number of carbonyl (C=O) groups excluding carboxylic acids is 1. The molecule has 7 heteroatoms. The number of aromatic nitrogens is 1. The second-order valence-electron chi connectivity index (χ2n) is 7.47. The van der Waals surface area contributed by atoms with Gasteiger partial charge in [0, 0.05) is 24.7 Å². The molecule has 0 aliphatic heterocycles. The molecule has 0 aliphatic carbocycles. The Morgan fingerprint density at radius 2 is 1.77 bits per heavy atom. The van der Waals surface area contributed by atoms with E-state index in [0.717, 1.165) is 22.4 Å². The van der Waals surface area contributed by atoms with Gasteiger partial charge in [0.05, 0.1) is 20.3 Å². The van der Waals surface area contributed by atoms with Crippen molar-refractivity contribution in [3.8, 4) is 11.5 Å². The van der Waals surface area contributed by atoms with Gasteiger partial charge in [-0.05, 0) is 49.6 Å². The average molecular weight is 424 g/mol. The Bertz CT molecular complexity index is 1050. The molecule has 1 atom stereocenters. The van der Waals surface area contributed by atoms with Crippen molar-refractivity contribution >= 4 is 5.91 Å². The Balaban J connectivity index is 1.77. The van der Waals surface area contributed by atoms with Crippen molar-refractivity contribution in [2.45, 2.75) is 33.4 Å². The van der Waals surface area contributed by atoms with E-state index in [1.54, 1.807) is 27.2 Å². The number of para-hydroxylation sites is 1. The molecule has 31 heavy (non-hydrogen) atoms. The molecule has 0 spiro atoms. The molecule has 0 saturated heterocycles. The molecule has 1 aromatic heterocycles. The van der Waals surface area contributed by atoms with Crippen molar-refractivity contribution in [3.05, 3.63) is 76.2 Å². The maximum Gasteiger partial charge on any atom is 0.274 e. The van der Waals surface area contributed by atoms with E-state index >= 15 is 0 Å². The highest BCUT2D eigenvalue weighted by molar-refractivity contribution is 5.92. The van der Waals surface area contributed by atoms with Crippen LogP contribution in [0.5, 0.6) is 11.5 Å². The first kappa shape index (κ1) is 22.4. The molecule has 2 aromatic carbocycles. The third-order valence-corrected chi connectivity index (χ3v) is 5.20. The van der Waals surface area contributed by atoms with Crippen LogP contribution in [-0.2, 0) is 6.54 Å². The van der Waals surface area contributed by atoms with Crippen LogP contribution in [0.1, 0.15) is 44.5 Å².